The number of amides is 1. The standard InChI is InChI=1S/C15H16N4O2/c20-15(11-3-1-7-16-9-11)19-8-2-4-12(19)13-17-14(21-18-13)10-5-6-10/h1,3,7,9-10,12H,2,4-6,8H2/t12-/m1/s1. The van der Waals surface area contributed by atoms with Crippen molar-refractivity contribution in [3.63, 3.8) is 0 Å². The van der Waals surface area contributed by atoms with Gasteiger partial charge in [0.2, 0.25) is 5.89 Å². The van der Waals surface area contributed by atoms with Crippen molar-refractivity contribution < 1.29 is 9.32 Å². The first-order valence-electron chi connectivity index (χ1n) is 7.37. The highest BCUT2D eigenvalue weighted by Crippen LogP contribution is 2.40. The molecule has 1 amide bonds. The van der Waals surface area contributed by atoms with E-state index < -0.39 is 0 Å². The second-order valence-corrected chi connectivity index (χ2v) is 5.66. The van der Waals surface area contributed by atoms with Crippen LogP contribution in [0.2, 0.25) is 0 Å². The topological polar surface area (TPSA) is 72.1 Å². The third-order valence-electron chi connectivity index (χ3n) is 4.10. The van der Waals surface area contributed by atoms with Gasteiger partial charge < -0.3 is 9.42 Å². The predicted octanol–water partition coefficient (Wildman–Crippen LogP) is 2.32. The molecule has 3 heterocycles. The van der Waals surface area contributed by atoms with Crippen LogP contribution < -0.4 is 0 Å². The minimum Gasteiger partial charge on any atom is -0.339 e. The van der Waals surface area contributed by atoms with Gasteiger partial charge in [-0.05, 0) is 37.8 Å². The van der Waals surface area contributed by atoms with Crippen LogP contribution >= 0.6 is 0 Å². The van der Waals surface area contributed by atoms with Crippen LogP contribution in [0.4, 0.5) is 0 Å². The molecule has 6 nitrogen and oxygen atoms in total. The first-order chi connectivity index (χ1) is 10.3. The monoisotopic (exact) mass is 284 g/mol. The Balaban J connectivity index is 1.58. The summed E-state index contributed by atoms with van der Waals surface area (Å²) in [5.41, 5.74) is 0.607. The maximum absolute atomic E-state index is 12.6. The molecule has 0 unspecified atom stereocenters. The van der Waals surface area contributed by atoms with Gasteiger partial charge in [-0.1, -0.05) is 5.16 Å². The Labute approximate surface area is 122 Å². The van der Waals surface area contributed by atoms with Gasteiger partial charge in [-0.2, -0.15) is 4.98 Å². The molecule has 0 bridgehead atoms. The zero-order valence-corrected chi connectivity index (χ0v) is 11.6. The smallest absolute Gasteiger partial charge is 0.256 e. The third kappa shape index (κ3) is 2.30. The normalized spacial score (nSPS) is 21.7. The van der Waals surface area contributed by atoms with Crippen molar-refractivity contribution in [2.75, 3.05) is 6.54 Å². The number of rotatable bonds is 3. The molecule has 0 radical (unpaired) electrons. The highest BCUT2D eigenvalue weighted by atomic mass is 16.5. The van der Waals surface area contributed by atoms with Crippen LogP contribution in [0.25, 0.3) is 0 Å². The summed E-state index contributed by atoms with van der Waals surface area (Å²) >= 11 is 0. The largest absolute Gasteiger partial charge is 0.339 e. The lowest BCUT2D eigenvalue weighted by molar-refractivity contribution is 0.0728. The lowest BCUT2D eigenvalue weighted by Gasteiger charge is -2.22. The van der Waals surface area contributed by atoms with E-state index in [0.29, 0.717) is 17.3 Å². The van der Waals surface area contributed by atoms with Crippen LogP contribution in [0, 0.1) is 0 Å². The minimum atomic E-state index is -0.0750. The Hall–Kier alpha value is -2.24. The number of hydrogen-bond donors (Lipinski definition) is 0. The van der Waals surface area contributed by atoms with Crippen LogP contribution in [0.5, 0.6) is 0 Å². The fraction of sp³-hybridized carbons (Fsp3) is 0.467. The quantitative estimate of drug-likeness (QED) is 0.865. The summed E-state index contributed by atoms with van der Waals surface area (Å²) in [4.78, 5) is 22.9. The molecular weight excluding hydrogens is 268 g/mol. The molecule has 2 aromatic rings. The number of carbonyl (C=O) groups is 1. The van der Waals surface area contributed by atoms with E-state index in [-0.39, 0.29) is 11.9 Å². The molecule has 21 heavy (non-hydrogen) atoms. The first-order valence-corrected chi connectivity index (χ1v) is 7.37. The molecule has 0 N–H and O–H groups in total. The van der Waals surface area contributed by atoms with E-state index in [1.54, 1.807) is 24.5 Å². The van der Waals surface area contributed by atoms with Gasteiger partial charge in [0.25, 0.3) is 5.91 Å². The van der Waals surface area contributed by atoms with Gasteiger partial charge in [-0.25, -0.2) is 0 Å². The minimum absolute atomic E-state index is 0.0108. The molecule has 1 saturated heterocycles. The Bertz CT molecular complexity index is 651. The first kappa shape index (κ1) is 12.5. The zero-order valence-electron chi connectivity index (χ0n) is 11.6. The van der Waals surface area contributed by atoms with E-state index in [9.17, 15) is 4.79 Å². The van der Waals surface area contributed by atoms with Crippen LogP contribution in [0.15, 0.2) is 29.0 Å². The Morgan fingerprint density at radius 3 is 3.00 bits per heavy atom. The summed E-state index contributed by atoms with van der Waals surface area (Å²) in [5, 5.41) is 4.09. The highest BCUT2D eigenvalue weighted by molar-refractivity contribution is 5.94. The third-order valence-corrected chi connectivity index (χ3v) is 4.10. The summed E-state index contributed by atoms with van der Waals surface area (Å²) in [7, 11) is 0. The number of aromatic nitrogens is 3. The number of likely N-dealkylation sites (tertiary alicyclic amines) is 1. The number of nitrogens with zero attached hydrogens (tertiary/aromatic N) is 4. The highest BCUT2D eigenvalue weighted by Gasteiger charge is 2.36. The summed E-state index contributed by atoms with van der Waals surface area (Å²) in [5.74, 6) is 1.80. The van der Waals surface area contributed by atoms with Crippen molar-refractivity contribution in [3.8, 4) is 0 Å². The summed E-state index contributed by atoms with van der Waals surface area (Å²) in [6, 6.07) is 3.49. The molecular formula is C15H16N4O2. The molecule has 6 heteroatoms. The van der Waals surface area contributed by atoms with Crippen molar-refractivity contribution in [2.24, 2.45) is 0 Å². The van der Waals surface area contributed by atoms with Gasteiger partial charge >= 0.3 is 0 Å². The molecule has 2 aliphatic rings. The second-order valence-electron chi connectivity index (χ2n) is 5.66. The molecule has 108 valence electrons. The van der Waals surface area contributed by atoms with E-state index in [2.05, 4.69) is 15.1 Å². The van der Waals surface area contributed by atoms with E-state index >= 15 is 0 Å². The summed E-state index contributed by atoms with van der Waals surface area (Å²) < 4.78 is 5.32. The average Bonchev–Trinajstić information content (AvgIpc) is 3.07. The predicted molar refractivity (Wildman–Crippen MR) is 73.5 cm³/mol. The average molecular weight is 284 g/mol. The zero-order chi connectivity index (χ0) is 14.2. The molecule has 1 saturated carbocycles. The van der Waals surface area contributed by atoms with Gasteiger partial charge in [0.1, 0.15) is 0 Å². The van der Waals surface area contributed by atoms with Gasteiger partial charge in [0, 0.05) is 24.9 Å². The van der Waals surface area contributed by atoms with Crippen molar-refractivity contribution in [3.05, 3.63) is 41.8 Å². The molecule has 0 aromatic carbocycles. The Morgan fingerprint density at radius 1 is 1.33 bits per heavy atom. The van der Waals surface area contributed by atoms with Crippen LogP contribution in [-0.4, -0.2) is 32.5 Å². The van der Waals surface area contributed by atoms with Crippen molar-refractivity contribution >= 4 is 5.91 Å². The van der Waals surface area contributed by atoms with E-state index in [4.69, 9.17) is 4.52 Å². The Kier molecular flexibility index (Phi) is 2.94. The molecule has 1 atom stereocenters. The van der Waals surface area contributed by atoms with E-state index in [0.717, 1.165) is 38.1 Å². The second kappa shape index (κ2) is 4.95. The van der Waals surface area contributed by atoms with Crippen molar-refractivity contribution in [2.45, 2.75) is 37.6 Å². The molecule has 2 aromatic heterocycles. The van der Waals surface area contributed by atoms with Crippen LogP contribution in [0.1, 0.15) is 59.7 Å². The summed E-state index contributed by atoms with van der Waals surface area (Å²) in [6.45, 7) is 0.728. The summed E-state index contributed by atoms with van der Waals surface area (Å²) in [6.07, 6.45) is 7.37. The van der Waals surface area contributed by atoms with Gasteiger partial charge in [-0.3, -0.25) is 9.78 Å². The lowest BCUT2D eigenvalue weighted by Crippen LogP contribution is -2.31. The lowest BCUT2D eigenvalue weighted by atomic mass is 10.2. The number of hydrogen-bond acceptors (Lipinski definition) is 5. The molecule has 1 aliphatic heterocycles. The maximum Gasteiger partial charge on any atom is 0.256 e. The fourth-order valence-corrected chi connectivity index (χ4v) is 2.81. The van der Waals surface area contributed by atoms with Crippen LogP contribution in [-0.2, 0) is 0 Å². The number of pyridine rings is 1. The van der Waals surface area contributed by atoms with Crippen LogP contribution in [0.3, 0.4) is 0 Å². The molecule has 1 aliphatic carbocycles. The fourth-order valence-electron chi connectivity index (χ4n) is 2.81. The van der Waals surface area contributed by atoms with E-state index in [1.165, 1.54) is 0 Å². The van der Waals surface area contributed by atoms with Gasteiger partial charge in [-0.15, -0.1) is 0 Å². The van der Waals surface area contributed by atoms with E-state index in [1.807, 2.05) is 4.90 Å². The molecule has 4 rings (SSSR count). The van der Waals surface area contributed by atoms with Crippen molar-refractivity contribution in [1.82, 2.24) is 20.0 Å². The Morgan fingerprint density at radius 2 is 2.24 bits per heavy atom. The molecule has 0 spiro atoms. The van der Waals surface area contributed by atoms with Gasteiger partial charge in [0.15, 0.2) is 5.82 Å². The molecule has 2 fully saturated rings. The maximum atomic E-state index is 12.6. The van der Waals surface area contributed by atoms with Gasteiger partial charge in [0.05, 0.1) is 11.6 Å². The van der Waals surface area contributed by atoms with Crippen molar-refractivity contribution in [1.29, 1.82) is 0 Å². The SMILES string of the molecule is O=C(c1cccnc1)N1CCC[C@@H]1c1noc(C2CC2)n1. The number of carbonyl (C=O) groups excluding carboxylic acids is 1.